The molecule has 5 heteroatoms. The van der Waals surface area contributed by atoms with Crippen LogP contribution in [-0.4, -0.2) is 41.8 Å². The van der Waals surface area contributed by atoms with E-state index in [1.54, 1.807) is 24.3 Å². The molecule has 0 bridgehead atoms. The van der Waals surface area contributed by atoms with Crippen LogP contribution in [0, 0.1) is 0 Å². The number of hydrogen-bond donors (Lipinski definition) is 2. The van der Waals surface area contributed by atoms with Gasteiger partial charge in [0.2, 0.25) is 5.91 Å². The SMILES string of the molecule is CC(=O)c1ccc(NC(=O)C(C)N2CCC(Nc3ccccc3)C2)cc1. The Balaban J connectivity index is 1.53. The fourth-order valence-electron chi connectivity index (χ4n) is 3.23. The number of ketones is 1. The normalized spacial score (nSPS) is 18.3. The lowest BCUT2D eigenvalue weighted by Gasteiger charge is -2.24. The maximum atomic E-state index is 12.5. The molecule has 1 aliphatic heterocycles. The molecule has 1 fully saturated rings. The molecule has 2 aromatic carbocycles. The minimum Gasteiger partial charge on any atom is -0.381 e. The van der Waals surface area contributed by atoms with Gasteiger partial charge in [-0.05, 0) is 56.7 Å². The number of anilines is 2. The van der Waals surface area contributed by atoms with E-state index in [-0.39, 0.29) is 17.7 Å². The Morgan fingerprint density at radius 1 is 1.04 bits per heavy atom. The number of carbonyl (C=O) groups excluding carboxylic acids is 2. The fraction of sp³-hybridized carbons (Fsp3) is 0.333. The van der Waals surface area contributed by atoms with Gasteiger partial charge in [-0.1, -0.05) is 18.2 Å². The first-order valence-corrected chi connectivity index (χ1v) is 9.00. The van der Waals surface area contributed by atoms with E-state index < -0.39 is 0 Å². The predicted molar refractivity (Wildman–Crippen MR) is 105 cm³/mol. The van der Waals surface area contributed by atoms with Crippen LogP contribution in [0.3, 0.4) is 0 Å². The van der Waals surface area contributed by atoms with Crippen molar-refractivity contribution in [2.24, 2.45) is 0 Å². The van der Waals surface area contributed by atoms with Crippen LogP contribution < -0.4 is 10.6 Å². The van der Waals surface area contributed by atoms with Crippen LogP contribution in [0.5, 0.6) is 0 Å². The summed E-state index contributed by atoms with van der Waals surface area (Å²) in [5.41, 5.74) is 2.47. The molecule has 2 atom stereocenters. The Kier molecular flexibility index (Phi) is 5.68. The number of hydrogen-bond acceptors (Lipinski definition) is 4. The summed E-state index contributed by atoms with van der Waals surface area (Å²) in [5, 5.41) is 6.46. The van der Waals surface area contributed by atoms with Gasteiger partial charge in [-0.3, -0.25) is 14.5 Å². The third kappa shape index (κ3) is 4.49. The lowest BCUT2D eigenvalue weighted by Crippen LogP contribution is -2.41. The molecule has 0 radical (unpaired) electrons. The monoisotopic (exact) mass is 351 g/mol. The van der Waals surface area contributed by atoms with Crippen molar-refractivity contribution in [1.29, 1.82) is 0 Å². The summed E-state index contributed by atoms with van der Waals surface area (Å²) in [4.78, 5) is 26.1. The van der Waals surface area contributed by atoms with Gasteiger partial charge < -0.3 is 10.6 Å². The van der Waals surface area contributed by atoms with Crippen LogP contribution in [0.2, 0.25) is 0 Å². The maximum Gasteiger partial charge on any atom is 0.241 e. The highest BCUT2D eigenvalue weighted by molar-refractivity contribution is 5.97. The lowest BCUT2D eigenvalue weighted by molar-refractivity contribution is -0.120. The van der Waals surface area contributed by atoms with Gasteiger partial charge in [0.1, 0.15) is 0 Å². The molecule has 0 aliphatic carbocycles. The first-order chi connectivity index (χ1) is 12.5. The van der Waals surface area contributed by atoms with E-state index in [9.17, 15) is 9.59 Å². The Morgan fingerprint density at radius 2 is 1.73 bits per heavy atom. The molecule has 0 spiro atoms. The van der Waals surface area contributed by atoms with Gasteiger partial charge in [0.25, 0.3) is 0 Å². The summed E-state index contributed by atoms with van der Waals surface area (Å²) in [6, 6.07) is 17.3. The average Bonchev–Trinajstić information content (AvgIpc) is 3.10. The second kappa shape index (κ2) is 8.15. The molecule has 1 saturated heterocycles. The summed E-state index contributed by atoms with van der Waals surface area (Å²) in [5.74, 6) is -0.00814. The molecular formula is C21H25N3O2. The van der Waals surface area contributed by atoms with Gasteiger partial charge in [-0.15, -0.1) is 0 Å². The molecule has 26 heavy (non-hydrogen) atoms. The number of likely N-dealkylation sites (tertiary alicyclic amines) is 1. The van der Waals surface area contributed by atoms with Crippen molar-refractivity contribution in [1.82, 2.24) is 4.90 Å². The summed E-state index contributed by atoms with van der Waals surface area (Å²) in [6.45, 7) is 5.20. The van der Waals surface area contributed by atoms with Crippen LogP contribution in [-0.2, 0) is 4.79 Å². The van der Waals surface area contributed by atoms with Crippen LogP contribution in [0.4, 0.5) is 11.4 Å². The molecule has 136 valence electrons. The number of nitrogens with zero attached hydrogens (tertiary/aromatic N) is 1. The van der Waals surface area contributed by atoms with E-state index in [0.717, 1.165) is 25.2 Å². The predicted octanol–water partition coefficient (Wildman–Crippen LogP) is 3.40. The Labute approximate surface area is 154 Å². The number of rotatable bonds is 6. The van der Waals surface area contributed by atoms with Crippen LogP contribution in [0.15, 0.2) is 54.6 Å². The van der Waals surface area contributed by atoms with E-state index in [1.807, 2.05) is 25.1 Å². The molecule has 1 aliphatic rings. The average molecular weight is 351 g/mol. The molecule has 0 aromatic heterocycles. The molecule has 1 amide bonds. The number of nitrogens with one attached hydrogen (secondary N) is 2. The standard InChI is InChI=1S/C21H25N3O2/c1-15(21(26)23-19-10-8-17(9-11-19)16(2)25)24-13-12-20(14-24)22-18-6-4-3-5-7-18/h3-11,15,20,22H,12-14H2,1-2H3,(H,23,26). The van der Waals surface area contributed by atoms with Crippen LogP contribution >= 0.6 is 0 Å². The van der Waals surface area contributed by atoms with Crippen LogP contribution in [0.25, 0.3) is 0 Å². The van der Waals surface area contributed by atoms with Gasteiger partial charge in [0.05, 0.1) is 6.04 Å². The molecule has 3 rings (SSSR count). The fourth-order valence-corrected chi connectivity index (χ4v) is 3.23. The largest absolute Gasteiger partial charge is 0.381 e. The van der Waals surface area contributed by atoms with Crippen molar-refractivity contribution < 1.29 is 9.59 Å². The van der Waals surface area contributed by atoms with E-state index >= 15 is 0 Å². The zero-order valence-electron chi connectivity index (χ0n) is 15.2. The number of Topliss-reactive ketones (excluding diaryl/α,β-unsaturated/α-hetero) is 1. The number of para-hydroxylation sites is 1. The highest BCUT2D eigenvalue weighted by Crippen LogP contribution is 2.19. The van der Waals surface area contributed by atoms with E-state index in [1.165, 1.54) is 6.92 Å². The topological polar surface area (TPSA) is 61.4 Å². The lowest BCUT2D eigenvalue weighted by atomic mass is 10.1. The summed E-state index contributed by atoms with van der Waals surface area (Å²) in [7, 11) is 0. The zero-order chi connectivity index (χ0) is 18.5. The van der Waals surface area contributed by atoms with Crippen molar-refractivity contribution in [2.45, 2.75) is 32.4 Å². The molecule has 1 heterocycles. The van der Waals surface area contributed by atoms with Gasteiger partial charge in [0.15, 0.2) is 5.78 Å². The Bertz CT molecular complexity index is 759. The van der Waals surface area contributed by atoms with E-state index in [2.05, 4.69) is 27.7 Å². The Hall–Kier alpha value is -2.66. The van der Waals surface area contributed by atoms with Crippen molar-refractivity contribution in [3.8, 4) is 0 Å². The van der Waals surface area contributed by atoms with Gasteiger partial charge in [-0.25, -0.2) is 0 Å². The zero-order valence-corrected chi connectivity index (χ0v) is 15.2. The van der Waals surface area contributed by atoms with Crippen molar-refractivity contribution in [2.75, 3.05) is 23.7 Å². The maximum absolute atomic E-state index is 12.5. The van der Waals surface area contributed by atoms with Gasteiger partial charge >= 0.3 is 0 Å². The molecule has 0 saturated carbocycles. The quantitative estimate of drug-likeness (QED) is 0.783. The Morgan fingerprint density at radius 3 is 2.38 bits per heavy atom. The summed E-state index contributed by atoms with van der Waals surface area (Å²) < 4.78 is 0. The van der Waals surface area contributed by atoms with Crippen molar-refractivity contribution in [3.05, 3.63) is 60.2 Å². The number of benzene rings is 2. The summed E-state index contributed by atoms with van der Waals surface area (Å²) >= 11 is 0. The van der Waals surface area contributed by atoms with Crippen LogP contribution in [0.1, 0.15) is 30.6 Å². The smallest absolute Gasteiger partial charge is 0.241 e. The highest BCUT2D eigenvalue weighted by atomic mass is 16.2. The minimum absolute atomic E-state index is 0.0188. The molecule has 2 aromatic rings. The second-order valence-electron chi connectivity index (χ2n) is 6.79. The molecule has 2 N–H and O–H groups in total. The van der Waals surface area contributed by atoms with Crippen molar-refractivity contribution >= 4 is 23.1 Å². The highest BCUT2D eigenvalue weighted by Gasteiger charge is 2.29. The first-order valence-electron chi connectivity index (χ1n) is 9.00. The van der Waals surface area contributed by atoms with E-state index in [0.29, 0.717) is 17.3 Å². The first kappa shape index (κ1) is 18.1. The third-order valence-corrected chi connectivity index (χ3v) is 4.85. The summed E-state index contributed by atoms with van der Waals surface area (Å²) in [6.07, 6.45) is 1.01. The minimum atomic E-state index is -0.204. The molecule has 5 nitrogen and oxygen atoms in total. The number of carbonyl (C=O) groups is 2. The van der Waals surface area contributed by atoms with Gasteiger partial charge in [0, 0.05) is 36.1 Å². The molecule has 2 unspecified atom stereocenters. The van der Waals surface area contributed by atoms with Gasteiger partial charge in [-0.2, -0.15) is 0 Å². The third-order valence-electron chi connectivity index (χ3n) is 4.85. The second-order valence-corrected chi connectivity index (χ2v) is 6.79. The van der Waals surface area contributed by atoms with E-state index in [4.69, 9.17) is 0 Å². The molecular weight excluding hydrogens is 326 g/mol. The van der Waals surface area contributed by atoms with Crippen molar-refractivity contribution in [3.63, 3.8) is 0 Å². The number of amides is 1.